The minimum Gasteiger partial charge on any atom is -0.481 e. The lowest BCUT2D eigenvalue weighted by Gasteiger charge is -2.16. The van der Waals surface area contributed by atoms with E-state index in [4.69, 9.17) is 9.52 Å². The van der Waals surface area contributed by atoms with Gasteiger partial charge in [0.25, 0.3) is 0 Å². The number of aromatic nitrogens is 1. The number of hydrogen-bond donors (Lipinski definition) is 1. The molecular weight excluding hydrogens is 272 g/mol. The second-order valence-corrected chi connectivity index (χ2v) is 5.09. The molecule has 0 saturated carbocycles. The van der Waals surface area contributed by atoms with Gasteiger partial charge in [-0.25, -0.2) is 4.98 Å². The van der Waals surface area contributed by atoms with Gasteiger partial charge in [0.05, 0.1) is 11.6 Å². The van der Waals surface area contributed by atoms with Gasteiger partial charge in [-0.15, -0.1) is 0 Å². The van der Waals surface area contributed by atoms with Crippen LogP contribution in [-0.2, 0) is 9.59 Å². The van der Waals surface area contributed by atoms with Crippen molar-refractivity contribution in [1.82, 2.24) is 4.98 Å². The summed E-state index contributed by atoms with van der Waals surface area (Å²) in [6.07, 6.45) is 1.60. The van der Waals surface area contributed by atoms with E-state index in [1.807, 2.05) is 13.0 Å². The molecule has 1 aromatic heterocycles. The molecule has 1 unspecified atom stereocenters. The van der Waals surface area contributed by atoms with Gasteiger partial charge in [-0.2, -0.15) is 0 Å². The fourth-order valence-electron chi connectivity index (χ4n) is 2.42. The molecule has 0 radical (unpaired) electrons. The van der Waals surface area contributed by atoms with E-state index >= 15 is 0 Å². The lowest BCUT2D eigenvalue weighted by atomic mass is 10.1. The number of carboxylic acids is 1. The quantitative estimate of drug-likeness (QED) is 0.934. The summed E-state index contributed by atoms with van der Waals surface area (Å²) in [5.41, 5.74) is 2.20. The second kappa shape index (κ2) is 5.05. The van der Waals surface area contributed by atoms with E-state index in [0.29, 0.717) is 11.6 Å². The van der Waals surface area contributed by atoms with Crippen molar-refractivity contribution in [3.8, 4) is 11.5 Å². The van der Waals surface area contributed by atoms with Crippen LogP contribution in [0.3, 0.4) is 0 Å². The highest BCUT2D eigenvalue weighted by Crippen LogP contribution is 2.29. The van der Waals surface area contributed by atoms with Gasteiger partial charge in [0.1, 0.15) is 6.26 Å². The molecule has 1 N–H and O–H groups in total. The zero-order chi connectivity index (χ0) is 15.0. The third kappa shape index (κ3) is 2.52. The van der Waals surface area contributed by atoms with E-state index in [2.05, 4.69) is 4.98 Å². The first-order valence-corrected chi connectivity index (χ1v) is 6.60. The van der Waals surface area contributed by atoms with Crippen LogP contribution in [0.2, 0.25) is 0 Å². The molecule has 1 fully saturated rings. The van der Waals surface area contributed by atoms with Crippen molar-refractivity contribution in [3.63, 3.8) is 0 Å². The number of rotatable bonds is 3. The van der Waals surface area contributed by atoms with Gasteiger partial charge < -0.3 is 14.4 Å². The number of nitrogens with zero attached hydrogens (tertiary/aromatic N) is 2. The summed E-state index contributed by atoms with van der Waals surface area (Å²) in [4.78, 5) is 28.7. The van der Waals surface area contributed by atoms with Gasteiger partial charge in [0, 0.05) is 24.2 Å². The lowest BCUT2D eigenvalue weighted by molar-refractivity contribution is -0.141. The van der Waals surface area contributed by atoms with Gasteiger partial charge in [-0.05, 0) is 25.1 Å². The maximum Gasteiger partial charge on any atom is 0.308 e. The molecule has 1 aliphatic rings. The number of oxazole rings is 1. The molecular formula is C15H14N2O4. The molecule has 0 bridgehead atoms. The second-order valence-electron chi connectivity index (χ2n) is 5.09. The Morgan fingerprint density at radius 3 is 2.90 bits per heavy atom. The Hall–Kier alpha value is -2.63. The van der Waals surface area contributed by atoms with Crippen LogP contribution in [0.15, 0.2) is 34.9 Å². The zero-order valence-corrected chi connectivity index (χ0v) is 11.4. The summed E-state index contributed by atoms with van der Waals surface area (Å²) in [5.74, 6) is -1.28. The van der Waals surface area contributed by atoms with Gasteiger partial charge in [-0.3, -0.25) is 9.59 Å². The van der Waals surface area contributed by atoms with Gasteiger partial charge >= 0.3 is 5.97 Å². The van der Waals surface area contributed by atoms with E-state index in [9.17, 15) is 9.59 Å². The SMILES string of the molecule is Cc1coc(-c2cccc(N3CC(C(=O)O)CC3=O)c2)n1. The molecule has 1 atom stereocenters. The number of amides is 1. The van der Waals surface area contributed by atoms with Crippen LogP contribution in [0.1, 0.15) is 12.1 Å². The van der Waals surface area contributed by atoms with Crippen molar-refractivity contribution in [2.75, 3.05) is 11.4 Å². The predicted molar refractivity (Wildman–Crippen MR) is 74.8 cm³/mol. The average molecular weight is 286 g/mol. The van der Waals surface area contributed by atoms with E-state index in [1.165, 1.54) is 4.90 Å². The number of aryl methyl sites for hydroxylation is 1. The summed E-state index contributed by atoms with van der Waals surface area (Å²) in [7, 11) is 0. The van der Waals surface area contributed by atoms with Crippen molar-refractivity contribution in [1.29, 1.82) is 0 Å². The van der Waals surface area contributed by atoms with Crippen LogP contribution in [0.25, 0.3) is 11.5 Å². The number of carbonyl (C=O) groups excluding carboxylic acids is 1. The number of hydrogen-bond acceptors (Lipinski definition) is 4. The van der Waals surface area contributed by atoms with E-state index in [1.54, 1.807) is 24.5 Å². The summed E-state index contributed by atoms with van der Waals surface area (Å²) in [5, 5.41) is 9.03. The Labute approximate surface area is 121 Å². The first-order valence-electron chi connectivity index (χ1n) is 6.60. The van der Waals surface area contributed by atoms with Crippen molar-refractivity contribution < 1.29 is 19.1 Å². The fourth-order valence-corrected chi connectivity index (χ4v) is 2.42. The third-order valence-electron chi connectivity index (χ3n) is 3.50. The lowest BCUT2D eigenvalue weighted by Crippen LogP contribution is -2.25. The van der Waals surface area contributed by atoms with Crippen LogP contribution in [-0.4, -0.2) is 28.5 Å². The van der Waals surface area contributed by atoms with Crippen LogP contribution in [0.4, 0.5) is 5.69 Å². The van der Waals surface area contributed by atoms with Gasteiger partial charge in [0.2, 0.25) is 11.8 Å². The fraction of sp³-hybridized carbons (Fsp3) is 0.267. The van der Waals surface area contributed by atoms with Crippen LogP contribution in [0.5, 0.6) is 0 Å². The highest BCUT2D eigenvalue weighted by atomic mass is 16.4. The highest BCUT2D eigenvalue weighted by molar-refractivity contribution is 5.99. The minimum absolute atomic E-state index is 0.0394. The van der Waals surface area contributed by atoms with Crippen molar-refractivity contribution in [2.24, 2.45) is 5.92 Å². The number of carboxylic acid groups (broad SMARTS) is 1. The molecule has 1 saturated heterocycles. The highest BCUT2D eigenvalue weighted by Gasteiger charge is 2.35. The smallest absolute Gasteiger partial charge is 0.308 e. The maximum absolute atomic E-state index is 12.0. The number of anilines is 1. The Balaban J connectivity index is 1.90. The molecule has 6 heteroatoms. The molecule has 3 rings (SSSR count). The minimum atomic E-state index is -0.940. The predicted octanol–water partition coefficient (Wildman–Crippen LogP) is 2.09. The van der Waals surface area contributed by atoms with E-state index in [-0.39, 0.29) is 18.9 Å². The van der Waals surface area contributed by atoms with Crippen LogP contribution < -0.4 is 4.90 Å². The van der Waals surface area contributed by atoms with Crippen molar-refractivity contribution >= 4 is 17.6 Å². The van der Waals surface area contributed by atoms with Crippen LogP contribution >= 0.6 is 0 Å². The molecule has 21 heavy (non-hydrogen) atoms. The van der Waals surface area contributed by atoms with Crippen molar-refractivity contribution in [2.45, 2.75) is 13.3 Å². The molecule has 0 aliphatic carbocycles. The molecule has 6 nitrogen and oxygen atoms in total. The Kier molecular flexibility index (Phi) is 3.21. The molecule has 2 aromatic rings. The normalized spacial score (nSPS) is 18.2. The maximum atomic E-state index is 12.0. The number of aliphatic carboxylic acids is 1. The first kappa shape index (κ1) is 13.4. The van der Waals surface area contributed by atoms with E-state index < -0.39 is 11.9 Å². The monoisotopic (exact) mass is 286 g/mol. The molecule has 1 amide bonds. The third-order valence-corrected chi connectivity index (χ3v) is 3.50. The van der Waals surface area contributed by atoms with Crippen LogP contribution in [0, 0.1) is 12.8 Å². The number of carbonyl (C=O) groups is 2. The summed E-state index contributed by atoms with van der Waals surface area (Å²) < 4.78 is 5.35. The summed E-state index contributed by atoms with van der Waals surface area (Å²) in [6, 6.07) is 7.20. The molecule has 1 aromatic carbocycles. The zero-order valence-electron chi connectivity index (χ0n) is 11.4. The first-order chi connectivity index (χ1) is 10.0. The molecule has 0 spiro atoms. The molecule has 1 aliphatic heterocycles. The summed E-state index contributed by atoms with van der Waals surface area (Å²) in [6.45, 7) is 2.03. The Bertz CT molecular complexity index is 707. The summed E-state index contributed by atoms with van der Waals surface area (Å²) >= 11 is 0. The molecule has 108 valence electrons. The topological polar surface area (TPSA) is 83.6 Å². The Morgan fingerprint density at radius 2 is 2.29 bits per heavy atom. The average Bonchev–Trinajstić information content (AvgIpc) is 3.05. The standard InChI is InChI=1S/C15H14N2O4/c1-9-8-21-14(16-9)10-3-2-4-12(5-10)17-7-11(15(19)20)6-13(17)18/h2-5,8,11H,6-7H2,1H3,(H,19,20). The van der Waals surface area contributed by atoms with Gasteiger partial charge in [0.15, 0.2) is 0 Å². The largest absolute Gasteiger partial charge is 0.481 e. The molecule has 2 heterocycles. The Morgan fingerprint density at radius 1 is 1.48 bits per heavy atom. The number of benzene rings is 1. The van der Waals surface area contributed by atoms with E-state index in [0.717, 1.165) is 11.3 Å². The van der Waals surface area contributed by atoms with Crippen molar-refractivity contribution in [3.05, 3.63) is 36.2 Å². The van der Waals surface area contributed by atoms with Gasteiger partial charge in [-0.1, -0.05) is 6.07 Å².